The molecule has 0 saturated heterocycles. The Morgan fingerprint density at radius 2 is 2.14 bits per heavy atom. The van der Waals surface area contributed by atoms with Gasteiger partial charge in [0.25, 0.3) is 0 Å². The molecule has 0 spiro atoms. The smallest absolute Gasteiger partial charge is 0.110 e. The Kier molecular flexibility index (Phi) is 4.27. The molecule has 2 aromatic rings. The fourth-order valence-electron chi connectivity index (χ4n) is 3.33. The predicted octanol–water partition coefficient (Wildman–Crippen LogP) is 2.87. The molecule has 0 atom stereocenters. The monoisotopic (exact) mass is 287 g/mol. The minimum Gasteiger partial charge on any atom is -0.378 e. The summed E-state index contributed by atoms with van der Waals surface area (Å²) in [7, 11) is 0. The summed E-state index contributed by atoms with van der Waals surface area (Å²) in [6, 6.07) is 6.38. The van der Waals surface area contributed by atoms with E-state index in [-0.39, 0.29) is 0 Å². The number of rotatable bonds is 6. The Labute approximate surface area is 126 Å². The number of aromatic nitrogens is 2. The second-order valence-corrected chi connectivity index (χ2v) is 5.92. The van der Waals surface area contributed by atoms with Crippen molar-refractivity contribution >= 4 is 11.0 Å². The average molecular weight is 287 g/mol. The van der Waals surface area contributed by atoms with E-state index in [0.717, 1.165) is 36.6 Å². The van der Waals surface area contributed by atoms with Crippen LogP contribution in [0, 0.1) is 5.92 Å². The van der Waals surface area contributed by atoms with Gasteiger partial charge < -0.3 is 15.0 Å². The maximum atomic E-state index is 5.72. The summed E-state index contributed by atoms with van der Waals surface area (Å²) in [6.07, 6.45) is 3.89. The van der Waals surface area contributed by atoms with Crippen LogP contribution < -0.4 is 5.73 Å². The van der Waals surface area contributed by atoms with E-state index < -0.39 is 0 Å². The van der Waals surface area contributed by atoms with E-state index in [0.29, 0.717) is 12.6 Å². The third kappa shape index (κ3) is 2.83. The predicted molar refractivity (Wildman–Crippen MR) is 85.1 cm³/mol. The summed E-state index contributed by atoms with van der Waals surface area (Å²) in [5.74, 6) is 1.93. The number of fused-ring (bicyclic) bond motifs is 1. The largest absolute Gasteiger partial charge is 0.378 e. The Morgan fingerprint density at radius 3 is 2.81 bits per heavy atom. The maximum absolute atomic E-state index is 5.72. The lowest BCUT2D eigenvalue weighted by molar-refractivity contribution is -0.0246. The zero-order chi connectivity index (χ0) is 14.8. The van der Waals surface area contributed by atoms with Gasteiger partial charge in [-0.2, -0.15) is 0 Å². The lowest BCUT2D eigenvalue weighted by atomic mass is 9.80. The molecule has 1 fully saturated rings. The van der Waals surface area contributed by atoms with Crippen molar-refractivity contribution in [1.29, 1.82) is 0 Å². The van der Waals surface area contributed by atoms with Gasteiger partial charge in [-0.1, -0.05) is 6.07 Å². The molecule has 3 rings (SSSR count). The zero-order valence-corrected chi connectivity index (χ0v) is 13.0. The van der Waals surface area contributed by atoms with Gasteiger partial charge in [0.15, 0.2) is 0 Å². The highest BCUT2D eigenvalue weighted by atomic mass is 16.5. The Hall–Kier alpha value is -1.39. The summed E-state index contributed by atoms with van der Waals surface area (Å²) in [5, 5.41) is 0. The number of imidazole rings is 1. The van der Waals surface area contributed by atoms with Crippen LogP contribution >= 0.6 is 0 Å². The van der Waals surface area contributed by atoms with Crippen LogP contribution in [0.3, 0.4) is 0 Å². The van der Waals surface area contributed by atoms with Crippen LogP contribution in [0.2, 0.25) is 0 Å². The minimum absolute atomic E-state index is 0.475. The van der Waals surface area contributed by atoms with Crippen LogP contribution in [-0.4, -0.2) is 22.3 Å². The lowest BCUT2D eigenvalue weighted by Gasteiger charge is -2.34. The number of nitrogens with two attached hydrogens (primary N) is 1. The number of benzene rings is 1. The third-order valence-corrected chi connectivity index (χ3v) is 4.51. The summed E-state index contributed by atoms with van der Waals surface area (Å²) in [4.78, 5) is 4.85. The van der Waals surface area contributed by atoms with Crippen molar-refractivity contribution in [3.05, 3.63) is 29.6 Å². The van der Waals surface area contributed by atoms with Crippen LogP contribution in [0.25, 0.3) is 11.0 Å². The SMILES string of the molecule is CCOC1CC(Cc2nc3cc(CN)ccc3n2CC)C1. The molecule has 1 aliphatic carbocycles. The fourth-order valence-corrected chi connectivity index (χ4v) is 3.33. The average Bonchev–Trinajstić information content (AvgIpc) is 2.81. The molecule has 0 aliphatic heterocycles. The first-order valence-electron chi connectivity index (χ1n) is 8.04. The van der Waals surface area contributed by atoms with E-state index in [9.17, 15) is 0 Å². The van der Waals surface area contributed by atoms with Gasteiger partial charge in [0.2, 0.25) is 0 Å². The highest BCUT2D eigenvalue weighted by Gasteiger charge is 2.30. The second-order valence-electron chi connectivity index (χ2n) is 5.92. The van der Waals surface area contributed by atoms with Gasteiger partial charge in [-0.3, -0.25) is 0 Å². The molecular formula is C17H25N3O. The lowest BCUT2D eigenvalue weighted by Crippen LogP contribution is -2.33. The number of hydrogen-bond acceptors (Lipinski definition) is 3. The van der Waals surface area contributed by atoms with Crippen LogP contribution in [0.1, 0.15) is 38.1 Å². The molecule has 1 aromatic heterocycles. The number of ether oxygens (including phenoxy) is 1. The Morgan fingerprint density at radius 1 is 1.33 bits per heavy atom. The van der Waals surface area contributed by atoms with E-state index in [1.54, 1.807) is 0 Å². The normalized spacial score (nSPS) is 21.7. The van der Waals surface area contributed by atoms with Gasteiger partial charge in [0.05, 0.1) is 17.1 Å². The molecule has 4 heteroatoms. The second kappa shape index (κ2) is 6.16. The van der Waals surface area contributed by atoms with Gasteiger partial charge in [-0.05, 0) is 50.3 Å². The summed E-state index contributed by atoms with van der Waals surface area (Å²) in [6.45, 7) is 6.62. The highest BCUT2D eigenvalue weighted by molar-refractivity contribution is 5.77. The van der Waals surface area contributed by atoms with Crippen LogP contribution in [-0.2, 0) is 24.2 Å². The topological polar surface area (TPSA) is 53.1 Å². The molecular weight excluding hydrogens is 262 g/mol. The maximum Gasteiger partial charge on any atom is 0.110 e. The summed E-state index contributed by atoms with van der Waals surface area (Å²) >= 11 is 0. The fraction of sp³-hybridized carbons (Fsp3) is 0.588. The standard InChI is InChI=1S/C17H25N3O/c1-3-20-16-6-5-12(11-18)9-15(16)19-17(20)10-13-7-14(8-13)21-4-2/h5-6,9,13-14H,3-4,7-8,10-11,18H2,1-2H3. The van der Waals surface area contributed by atoms with Gasteiger partial charge in [-0.15, -0.1) is 0 Å². The van der Waals surface area contributed by atoms with E-state index in [1.165, 1.54) is 24.2 Å². The minimum atomic E-state index is 0.475. The van der Waals surface area contributed by atoms with E-state index >= 15 is 0 Å². The van der Waals surface area contributed by atoms with Crippen LogP contribution in [0.4, 0.5) is 0 Å². The zero-order valence-electron chi connectivity index (χ0n) is 13.0. The van der Waals surface area contributed by atoms with Gasteiger partial charge in [0, 0.05) is 26.1 Å². The third-order valence-electron chi connectivity index (χ3n) is 4.51. The van der Waals surface area contributed by atoms with Crippen molar-refractivity contribution < 1.29 is 4.74 Å². The molecule has 2 N–H and O–H groups in total. The van der Waals surface area contributed by atoms with Gasteiger partial charge in [0.1, 0.15) is 5.82 Å². The first-order valence-corrected chi connectivity index (χ1v) is 8.04. The van der Waals surface area contributed by atoms with Gasteiger partial charge in [-0.25, -0.2) is 4.98 Å². The molecule has 1 heterocycles. The number of aryl methyl sites for hydroxylation is 1. The van der Waals surface area contributed by atoms with Crippen molar-refractivity contribution in [2.75, 3.05) is 6.61 Å². The molecule has 1 aromatic carbocycles. The number of nitrogens with zero attached hydrogens (tertiary/aromatic N) is 2. The molecule has 1 aliphatic rings. The van der Waals surface area contributed by atoms with Crippen LogP contribution in [0.5, 0.6) is 0 Å². The molecule has 21 heavy (non-hydrogen) atoms. The molecule has 0 unspecified atom stereocenters. The summed E-state index contributed by atoms with van der Waals surface area (Å²) in [5.41, 5.74) is 9.18. The van der Waals surface area contributed by atoms with Crippen molar-refractivity contribution in [2.45, 2.75) is 52.3 Å². The quantitative estimate of drug-likeness (QED) is 0.889. The molecule has 0 bridgehead atoms. The summed E-state index contributed by atoms with van der Waals surface area (Å²) < 4.78 is 7.99. The van der Waals surface area contributed by atoms with E-state index in [4.69, 9.17) is 15.5 Å². The van der Waals surface area contributed by atoms with Crippen molar-refractivity contribution in [3.8, 4) is 0 Å². The van der Waals surface area contributed by atoms with Crippen molar-refractivity contribution in [2.24, 2.45) is 11.7 Å². The molecule has 1 saturated carbocycles. The first kappa shape index (κ1) is 14.5. The van der Waals surface area contributed by atoms with Crippen molar-refractivity contribution in [3.63, 3.8) is 0 Å². The molecule has 0 amide bonds. The highest BCUT2D eigenvalue weighted by Crippen LogP contribution is 2.33. The van der Waals surface area contributed by atoms with Crippen LogP contribution in [0.15, 0.2) is 18.2 Å². The molecule has 4 nitrogen and oxygen atoms in total. The Balaban J connectivity index is 1.78. The molecule has 0 radical (unpaired) electrons. The number of hydrogen-bond donors (Lipinski definition) is 1. The first-order chi connectivity index (χ1) is 10.2. The Bertz CT molecular complexity index is 614. The van der Waals surface area contributed by atoms with E-state index in [2.05, 4.69) is 36.6 Å². The van der Waals surface area contributed by atoms with E-state index in [1.807, 2.05) is 0 Å². The van der Waals surface area contributed by atoms with Gasteiger partial charge >= 0.3 is 0 Å². The van der Waals surface area contributed by atoms with Crippen molar-refractivity contribution in [1.82, 2.24) is 9.55 Å². The molecule has 114 valence electrons.